The molecule has 1 aliphatic heterocycles. The minimum atomic E-state index is -0.899. The van der Waals surface area contributed by atoms with Gasteiger partial charge in [-0.2, -0.15) is 0 Å². The van der Waals surface area contributed by atoms with E-state index in [1.807, 2.05) is 6.92 Å². The van der Waals surface area contributed by atoms with E-state index in [4.69, 9.17) is 4.74 Å². The SMILES string of the molecule is CCOC(=O)c1c(NC(=O)CN2C(=O)N[C@]3(CCCC[C@H]3C)C2=O)sc2c1CC[C@@H](C)C2. The Morgan fingerprint density at radius 1 is 1.25 bits per heavy atom. The molecule has 2 fully saturated rings. The summed E-state index contributed by atoms with van der Waals surface area (Å²) in [6.07, 6.45) is 5.98. The summed E-state index contributed by atoms with van der Waals surface area (Å²) in [5.74, 6) is -0.720. The van der Waals surface area contributed by atoms with Crippen LogP contribution < -0.4 is 10.6 Å². The minimum Gasteiger partial charge on any atom is -0.462 e. The molecule has 9 heteroatoms. The molecule has 174 valence electrons. The first kappa shape index (κ1) is 22.8. The molecular formula is C23H31N3O5S. The van der Waals surface area contributed by atoms with E-state index < -0.39 is 23.4 Å². The van der Waals surface area contributed by atoms with Crippen LogP contribution in [-0.4, -0.2) is 47.4 Å². The van der Waals surface area contributed by atoms with E-state index in [1.54, 1.807) is 6.92 Å². The summed E-state index contributed by atoms with van der Waals surface area (Å²) in [6, 6.07) is -0.524. The van der Waals surface area contributed by atoms with Crippen LogP contribution in [-0.2, 0) is 27.2 Å². The fourth-order valence-electron chi connectivity index (χ4n) is 5.21. The molecule has 8 nitrogen and oxygen atoms in total. The number of fused-ring (bicyclic) bond motifs is 1. The molecule has 0 radical (unpaired) electrons. The van der Waals surface area contributed by atoms with Gasteiger partial charge in [0.05, 0.1) is 12.2 Å². The number of nitrogens with one attached hydrogen (secondary N) is 2. The fraction of sp³-hybridized carbons (Fsp3) is 0.652. The number of ether oxygens (including phenoxy) is 1. The van der Waals surface area contributed by atoms with Crippen LogP contribution >= 0.6 is 11.3 Å². The highest BCUT2D eigenvalue weighted by atomic mass is 32.1. The number of anilines is 1. The van der Waals surface area contributed by atoms with Gasteiger partial charge >= 0.3 is 12.0 Å². The minimum absolute atomic E-state index is 0.0298. The molecule has 1 aromatic heterocycles. The monoisotopic (exact) mass is 461 g/mol. The highest BCUT2D eigenvalue weighted by Crippen LogP contribution is 2.41. The predicted molar refractivity (Wildman–Crippen MR) is 121 cm³/mol. The highest BCUT2D eigenvalue weighted by Gasteiger charge is 2.55. The molecule has 0 unspecified atom stereocenters. The van der Waals surface area contributed by atoms with Crippen LogP contribution in [0.5, 0.6) is 0 Å². The van der Waals surface area contributed by atoms with Crippen molar-refractivity contribution in [3.8, 4) is 0 Å². The molecule has 2 aliphatic carbocycles. The molecule has 1 saturated heterocycles. The van der Waals surface area contributed by atoms with Crippen molar-refractivity contribution in [1.29, 1.82) is 0 Å². The number of imide groups is 1. The van der Waals surface area contributed by atoms with Crippen LogP contribution in [0.3, 0.4) is 0 Å². The van der Waals surface area contributed by atoms with Crippen LogP contribution in [0.2, 0.25) is 0 Å². The van der Waals surface area contributed by atoms with Crippen LogP contribution in [0.25, 0.3) is 0 Å². The molecule has 2 heterocycles. The maximum absolute atomic E-state index is 13.1. The van der Waals surface area contributed by atoms with E-state index in [9.17, 15) is 19.2 Å². The number of rotatable bonds is 5. The zero-order valence-corrected chi connectivity index (χ0v) is 19.7. The van der Waals surface area contributed by atoms with Gasteiger partial charge in [-0.1, -0.05) is 26.7 Å². The second kappa shape index (κ2) is 8.84. The van der Waals surface area contributed by atoms with Crippen molar-refractivity contribution < 1.29 is 23.9 Å². The number of carbonyl (C=O) groups excluding carboxylic acids is 4. The lowest BCUT2D eigenvalue weighted by atomic mass is 9.73. The Morgan fingerprint density at radius 2 is 2.03 bits per heavy atom. The van der Waals surface area contributed by atoms with E-state index in [2.05, 4.69) is 17.6 Å². The Hall–Kier alpha value is -2.42. The van der Waals surface area contributed by atoms with Gasteiger partial charge in [0.25, 0.3) is 5.91 Å². The number of amides is 4. The zero-order chi connectivity index (χ0) is 23.0. The van der Waals surface area contributed by atoms with Crippen molar-refractivity contribution in [3.63, 3.8) is 0 Å². The molecule has 1 saturated carbocycles. The summed E-state index contributed by atoms with van der Waals surface area (Å²) in [6.45, 7) is 5.77. The summed E-state index contributed by atoms with van der Waals surface area (Å²) in [5, 5.41) is 6.11. The summed E-state index contributed by atoms with van der Waals surface area (Å²) >= 11 is 1.39. The highest BCUT2D eigenvalue weighted by molar-refractivity contribution is 7.17. The quantitative estimate of drug-likeness (QED) is 0.516. The smallest absolute Gasteiger partial charge is 0.341 e. The van der Waals surface area contributed by atoms with Gasteiger partial charge in [0, 0.05) is 4.88 Å². The van der Waals surface area contributed by atoms with Gasteiger partial charge in [0.1, 0.15) is 17.1 Å². The molecule has 32 heavy (non-hydrogen) atoms. The topological polar surface area (TPSA) is 105 Å². The predicted octanol–water partition coefficient (Wildman–Crippen LogP) is 3.49. The average Bonchev–Trinajstić information content (AvgIpc) is 3.20. The van der Waals surface area contributed by atoms with Crippen molar-refractivity contribution in [3.05, 3.63) is 16.0 Å². The number of nitrogens with zero attached hydrogens (tertiary/aromatic N) is 1. The molecule has 3 aliphatic rings. The Labute approximate surface area is 192 Å². The lowest BCUT2D eigenvalue weighted by Crippen LogP contribution is -2.54. The first-order chi connectivity index (χ1) is 15.3. The molecule has 4 amide bonds. The number of urea groups is 1. The number of esters is 1. The van der Waals surface area contributed by atoms with Gasteiger partial charge in [0.2, 0.25) is 5.91 Å². The largest absolute Gasteiger partial charge is 0.462 e. The Morgan fingerprint density at radius 3 is 2.75 bits per heavy atom. The molecule has 2 N–H and O–H groups in total. The van der Waals surface area contributed by atoms with Gasteiger partial charge in [-0.05, 0) is 56.4 Å². The fourth-order valence-corrected chi connectivity index (χ4v) is 6.62. The molecule has 1 spiro atoms. The first-order valence-electron chi connectivity index (χ1n) is 11.5. The number of thiophene rings is 1. The van der Waals surface area contributed by atoms with E-state index >= 15 is 0 Å². The summed E-state index contributed by atoms with van der Waals surface area (Å²) in [5.41, 5.74) is 0.470. The summed E-state index contributed by atoms with van der Waals surface area (Å²) in [4.78, 5) is 53.4. The Balaban J connectivity index is 1.53. The third kappa shape index (κ3) is 3.91. The van der Waals surface area contributed by atoms with Crippen LogP contribution in [0.4, 0.5) is 9.80 Å². The van der Waals surface area contributed by atoms with Crippen LogP contribution in [0.1, 0.15) is 73.7 Å². The van der Waals surface area contributed by atoms with E-state index in [-0.39, 0.29) is 25.0 Å². The number of hydrogen-bond acceptors (Lipinski definition) is 6. The number of carbonyl (C=O) groups is 4. The zero-order valence-electron chi connectivity index (χ0n) is 18.9. The van der Waals surface area contributed by atoms with E-state index in [1.165, 1.54) is 11.3 Å². The summed E-state index contributed by atoms with van der Waals surface area (Å²) in [7, 11) is 0. The lowest BCUT2D eigenvalue weighted by Gasteiger charge is -2.36. The van der Waals surface area contributed by atoms with Crippen LogP contribution in [0, 0.1) is 11.8 Å². The van der Waals surface area contributed by atoms with Crippen molar-refractivity contribution in [2.24, 2.45) is 11.8 Å². The maximum atomic E-state index is 13.1. The molecule has 0 aromatic carbocycles. The summed E-state index contributed by atoms with van der Waals surface area (Å²) < 4.78 is 5.24. The molecule has 0 bridgehead atoms. The lowest BCUT2D eigenvalue weighted by molar-refractivity contribution is -0.136. The second-order valence-corrected chi connectivity index (χ2v) is 10.4. The standard InChI is InChI=1S/C23H31N3O5S/c1-4-31-20(28)18-15-9-8-13(2)11-16(15)32-19(18)24-17(27)12-26-21(29)23(25-22(26)30)10-6-5-7-14(23)3/h13-14H,4-12H2,1-3H3,(H,24,27)(H,25,30)/t13-,14-,23+/m1/s1. The average molecular weight is 462 g/mol. The molecule has 4 rings (SSSR count). The van der Waals surface area contributed by atoms with Crippen molar-refractivity contribution in [2.45, 2.75) is 71.3 Å². The van der Waals surface area contributed by atoms with Gasteiger partial charge in [-0.15, -0.1) is 11.3 Å². The number of hydrogen-bond donors (Lipinski definition) is 2. The Bertz CT molecular complexity index is 958. The van der Waals surface area contributed by atoms with Gasteiger partial charge in [-0.3, -0.25) is 14.5 Å². The normalized spacial score (nSPS) is 27.3. The van der Waals surface area contributed by atoms with Crippen molar-refractivity contribution in [1.82, 2.24) is 10.2 Å². The first-order valence-corrected chi connectivity index (χ1v) is 12.3. The van der Waals surface area contributed by atoms with E-state index in [0.29, 0.717) is 22.9 Å². The molecule has 3 atom stereocenters. The van der Waals surface area contributed by atoms with Crippen molar-refractivity contribution in [2.75, 3.05) is 18.5 Å². The van der Waals surface area contributed by atoms with Crippen molar-refractivity contribution >= 4 is 40.2 Å². The van der Waals surface area contributed by atoms with Crippen LogP contribution in [0.15, 0.2) is 0 Å². The van der Waals surface area contributed by atoms with E-state index in [0.717, 1.165) is 53.9 Å². The van der Waals surface area contributed by atoms with Gasteiger partial charge in [-0.25, -0.2) is 9.59 Å². The third-order valence-corrected chi connectivity index (χ3v) is 8.22. The second-order valence-electron chi connectivity index (χ2n) is 9.26. The van der Waals surface area contributed by atoms with Gasteiger partial charge < -0.3 is 15.4 Å². The molecule has 1 aromatic rings. The third-order valence-electron chi connectivity index (χ3n) is 7.05. The maximum Gasteiger partial charge on any atom is 0.341 e. The molecular weight excluding hydrogens is 430 g/mol. The van der Waals surface area contributed by atoms with Gasteiger partial charge in [0.15, 0.2) is 0 Å². The Kier molecular flexibility index (Phi) is 6.29.